The summed E-state index contributed by atoms with van der Waals surface area (Å²) in [7, 11) is 0. The van der Waals surface area contributed by atoms with Gasteiger partial charge in [0.1, 0.15) is 6.04 Å². The summed E-state index contributed by atoms with van der Waals surface area (Å²) in [6, 6.07) is -0.686. The van der Waals surface area contributed by atoms with E-state index in [-0.39, 0.29) is 18.1 Å². The molecule has 0 saturated carbocycles. The quantitative estimate of drug-likeness (QED) is 0.726. The fraction of sp³-hybridized carbons (Fsp3) is 0.417. The second kappa shape index (κ2) is 5.20. The van der Waals surface area contributed by atoms with Gasteiger partial charge in [0.2, 0.25) is 11.7 Å². The number of carbonyl (C=O) groups is 3. The molecule has 0 aromatic heterocycles. The van der Waals surface area contributed by atoms with Crippen LogP contribution in [0.4, 0.5) is 0 Å². The minimum atomic E-state index is -0.978. The summed E-state index contributed by atoms with van der Waals surface area (Å²) in [5.74, 6) is -0.913. The maximum Gasteiger partial charge on any atom is 0.330 e. The van der Waals surface area contributed by atoms with E-state index in [9.17, 15) is 14.4 Å². The van der Waals surface area contributed by atoms with E-state index in [4.69, 9.17) is 4.74 Å². The van der Waals surface area contributed by atoms with Crippen molar-refractivity contribution in [1.29, 1.82) is 0 Å². The van der Waals surface area contributed by atoms with Gasteiger partial charge in [-0.25, -0.2) is 4.79 Å². The SMILES string of the molecule is CCC(=O)NC1CC2(C=C(Br)C(=O)C(Br)=C2)OC1=O. The first-order valence-electron chi connectivity index (χ1n) is 5.70. The topological polar surface area (TPSA) is 72.5 Å². The van der Waals surface area contributed by atoms with Gasteiger partial charge in [-0.1, -0.05) is 6.92 Å². The van der Waals surface area contributed by atoms with Crippen molar-refractivity contribution in [2.75, 3.05) is 0 Å². The summed E-state index contributed by atoms with van der Waals surface area (Å²) in [6.45, 7) is 1.71. The number of hydrogen-bond donors (Lipinski definition) is 1. The van der Waals surface area contributed by atoms with Crippen molar-refractivity contribution < 1.29 is 19.1 Å². The molecule has 19 heavy (non-hydrogen) atoms. The second-order valence-electron chi connectivity index (χ2n) is 4.37. The lowest BCUT2D eigenvalue weighted by molar-refractivity contribution is -0.145. The molecule has 5 nitrogen and oxygen atoms in total. The predicted molar refractivity (Wildman–Crippen MR) is 74.7 cm³/mol. The molecule has 1 N–H and O–H groups in total. The van der Waals surface area contributed by atoms with Crippen LogP contribution in [0.5, 0.6) is 0 Å². The number of Topliss-reactive ketones (excluding diaryl/α,β-unsaturated/α-hetero) is 1. The number of allylic oxidation sites excluding steroid dienone is 2. The summed E-state index contributed by atoms with van der Waals surface area (Å²) >= 11 is 6.29. The first-order chi connectivity index (χ1) is 8.87. The van der Waals surface area contributed by atoms with Gasteiger partial charge in [-0.3, -0.25) is 9.59 Å². The van der Waals surface area contributed by atoms with E-state index < -0.39 is 17.6 Å². The van der Waals surface area contributed by atoms with Gasteiger partial charge in [-0.05, 0) is 44.0 Å². The van der Waals surface area contributed by atoms with Crippen molar-refractivity contribution in [1.82, 2.24) is 5.32 Å². The van der Waals surface area contributed by atoms with Crippen LogP contribution < -0.4 is 5.32 Å². The molecule has 0 bridgehead atoms. The summed E-state index contributed by atoms with van der Waals surface area (Å²) < 4.78 is 5.98. The maximum absolute atomic E-state index is 11.8. The molecule has 2 rings (SSSR count). The zero-order valence-corrected chi connectivity index (χ0v) is 13.2. The van der Waals surface area contributed by atoms with Gasteiger partial charge in [0, 0.05) is 12.8 Å². The monoisotopic (exact) mass is 391 g/mol. The predicted octanol–water partition coefficient (Wildman–Crippen LogP) is 1.71. The third-order valence-electron chi connectivity index (χ3n) is 2.93. The molecule has 1 amide bonds. The van der Waals surface area contributed by atoms with E-state index >= 15 is 0 Å². The average molecular weight is 393 g/mol. The van der Waals surface area contributed by atoms with Crippen molar-refractivity contribution in [3.63, 3.8) is 0 Å². The molecule has 0 aromatic rings. The number of ketones is 1. The zero-order chi connectivity index (χ0) is 14.2. The highest BCUT2D eigenvalue weighted by atomic mass is 79.9. The molecule has 2 aliphatic rings. The van der Waals surface area contributed by atoms with Crippen LogP contribution in [-0.2, 0) is 19.1 Å². The molecule has 1 aliphatic heterocycles. The van der Waals surface area contributed by atoms with Gasteiger partial charge in [-0.15, -0.1) is 0 Å². The molecule has 1 spiro atoms. The fourth-order valence-corrected chi connectivity index (χ4v) is 3.47. The molecule has 1 fully saturated rings. The molecule has 0 aromatic carbocycles. The van der Waals surface area contributed by atoms with Crippen molar-refractivity contribution in [2.45, 2.75) is 31.4 Å². The Kier molecular flexibility index (Phi) is 3.96. The lowest BCUT2D eigenvalue weighted by atomic mass is 9.92. The number of rotatable bonds is 2. The average Bonchev–Trinajstić information content (AvgIpc) is 2.62. The summed E-state index contributed by atoms with van der Waals surface area (Å²) in [4.78, 5) is 34.7. The van der Waals surface area contributed by atoms with Crippen LogP contribution in [0.25, 0.3) is 0 Å². The lowest BCUT2D eigenvalue weighted by Gasteiger charge is -2.24. The van der Waals surface area contributed by atoms with Gasteiger partial charge in [0.25, 0.3) is 0 Å². The number of ether oxygens (including phenoxy) is 1. The minimum absolute atomic E-state index is 0.206. The minimum Gasteiger partial charge on any atom is -0.449 e. The van der Waals surface area contributed by atoms with Gasteiger partial charge in [-0.2, -0.15) is 0 Å². The number of nitrogens with one attached hydrogen (secondary N) is 1. The van der Waals surface area contributed by atoms with E-state index in [1.807, 2.05) is 0 Å². The molecule has 1 aliphatic carbocycles. The normalized spacial score (nSPS) is 24.9. The Labute approximate surface area is 126 Å². The van der Waals surface area contributed by atoms with Gasteiger partial charge >= 0.3 is 5.97 Å². The van der Waals surface area contributed by atoms with Gasteiger partial charge in [0.05, 0.1) is 8.96 Å². The third kappa shape index (κ3) is 2.81. The standard InChI is InChI=1S/C12H11Br2NO4/c1-2-9(16)15-8-5-12(19-11(8)18)3-6(13)10(17)7(14)4-12/h3-4,8H,2,5H2,1H3,(H,15,16). The van der Waals surface area contributed by atoms with Crippen molar-refractivity contribution in [3.05, 3.63) is 21.1 Å². The molecule has 102 valence electrons. The van der Waals surface area contributed by atoms with E-state index in [1.165, 1.54) is 0 Å². The molecule has 7 heteroatoms. The summed E-state index contributed by atoms with van der Waals surface area (Å²) in [5.41, 5.74) is -0.978. The van der Waals surface area contributed by atoms with Crippen LogP contribution in [0.2, 0.25) is 0 Å². The number of halogens is 2. The molecular weight excluding hydrogens is 382 g/mol. The molecule has 1 saturated heterocycles. The number of carbonyl (C=O) groups excluding carboxylic acids is 3. The summed E-state index contributed by atoms with van der Waals surface area (Å²) in [5, 5.41) is 2.60. The van der Waals surface area contributed by atoms with Crippen LogP contribution in [0, 0.1) is 0 Å². The van der Waals surface area contributed by atoms with Gasteiger partial charge in [0.15, 0.2) is 5.60 Å². The highest BCUT2D eigenvalue weighted by Crippen LogP contribution is 2.38. The van der Waals surface area contributed by atoms with Crippen LogP contribution >= 0.6 is 31.9 Å². The van der Waals surface area contributed by atoms with Crippen LogP contribution in [-0.4, -0.2) is 29.3 Å². The molecule has 1 unspecified atom stereocenters. The number of amides is 1. The third-order valence-corrected chi connectivity index (χ3v) is 4.11. The Bertz CT molecular complexity index is 502. The van der Waals surface area contributed by atoms with Crippen LogP contribution in [0.3, 0.4) is 0 Å². The Balaban J connectivity index is 2.23. The maximum atomic E-state index is 11.8. The van der Waals surface area contributed by atoms with Crippen LogP contribution in [0.1, 0.15) is 19.8 Å². The number of hydrogen-bond acceptors (Lipinski definition) is 4. The van der Waals surface area contributed by atoms with Crippen molar-refractivity contribution >= 4 is 49.5 Å². The fourth-order valence-electron chi connectivity index (χ4n) is 2.00. The summed E-state index contributed by atoms with van der Waals surface area (Å²) in [6.07, 6.45) is 3.68. The lowest BCUT2D eigenvalue weighted by Crippen LogP contribution is -2.38. The largest absolute Gasteiger partial charge is 0.449 e. The van der Waals surface area contributed by atoms with E-state index in [1.54, 1.807) is 19.1 Å². The Hall–Kier alpha value is -0.950. The Morgan fingerprint density at radius 1 is 1.42 bits per heavy atom. The van der Waals surface area contributed by atoms with Crippen molar-refractivity contribution in [3.8, 4) is 0 Å². The Morgan fingerprint density at radius 2 is 2.00 bits per heavy atom. The van der Waals surface area contributed by atoms with E-state index in [0.717, 1.165) is 0 Å². The molecule has 1 heterocycles. The molecule has 1 atom stereocenters. The van der Waals surface area contributed by atoms with Gasteiger partial charge < -0.3 is 10.1 Å². The van der Waals surface area contributed by atoms with Crippen LogP contribution in [0.15, 0.2) is 21.1 Å². The molecular formula is C12H11Br2NO4. The highest BCUT2D eigenvalue weighted by molar-refractivity contribution is 9.13. The first-order valence-corrected chi connectivity index (χ1v) is 7.29. The Morgan fingerprint density at radius 3 is 2.53 bits per heavy atom. The second-order valence-corrected chi connectivity index (χ2v) is 6.08. The smallest absolute Gasteiger partial charge is 0.330 e. The number of esters is 1. The zero-order valence-electron chi connectivity index (χ0n) is 10.0. The van der Waals surface area contributed by atoms with E-state index in [2.05, 4.69) is 37.2 Å². The molecule has 0 radical (unpaired) electrons. The first kappa shape index (κ1) is 14.5. The van der Waals surface area contributed by atoms with E-state index in [0.29, 0.717) is 15.4 Å². The highest BCUT2D eigenvalue weighted by Gasteiger charge is 2.47. The van der Waals surface area contributed by atoms with Crippen molar-refractivity contribution in [2.24, 2.45) is 0 Å².